The van der Waals surface area contributed by atoms with Crippen LogP contribution < -0.4 is 0 Å². The molecule has 17 heavy (non-hydrogen) atoms. The number of unbranched alkanes of at least 4 members (excludes halogenated alkanes) is 3. The Morgan fingerprint density at radius 1 is 1.41 bits per heavy atom. The summed E-state index contributed by atoms with van der Waals surface area (Å²) in [6.07, 6.45) is 4.52. The van der Waals surface area contributed by atoms with Gasteiger partial charge in [-0.3, -0.25) is 0 Å². The lowest BCUT2D eigenvalue weighted by atomic mass is 10.2. The highest BCUT2D eigenvalue weighted by Crippen LogP contribution is 2.15. The summed E-state index contributed by atoms with van der Waals surface area (Å²) < 4.78 is 4.92. The van der Waals surface area contributed by atoms with Gasteiger partial charge in [-0.05, 0) is 19.4 Å². The van der Waals surface area contributed by atoms with E-state index in [0.29, 0.717) is 11.5 Å². The van der Waals surface area contributed by atoms with E-state index in [9.17, 15) is 4.79 Å². The molecule has 2 nitrogen and oxygen atoms in total. The quantitative estimate of drug-likeness (QED) is 0.450. The van der Waals surface area contributed by atoms with E-state index in [1.165, 1.54) is 24.2 Å². The maximum atomic E-state index is 11.4. The van der Waals surface area contributed by atoms with Crippen molar-refractivity contribution in [1.29, 1.82) is 0 Å². The predicted octanol–water partition coefficient (Wildman–Crippen LogP) is 3.86. The first-order valence-corrected chi connectivity index (χ1v) is 6.90. The maximum absolute atomic E-state index is 11.4. The first-order valence-electron chi connectivity index (χ1n) is 6.02. The molecule has 0 aliphatic rings. The highest BCUT2D eigenvalue weighted by molar-refractivity contribution is 7.12. The molecule has 0 saturated heterocycles. The van der Waals surface area contributed by atoms with Crippen LogP contribution >= 0.6 is 11.3 Å². The average molecular weight is 250 g/mol. The summed E-state index contributed by atoms with van der Waals surface area (Å²) in [5, 5.41) is 1.90. The molecule has 0 fully saturated rings. The fourth-order valence-electron chi connectivity index (χ4n) is 1.34. The van der Waals surface area contributed by atoms with E-state index in [1.807, 2.05) is 5.38 Å². The predicted molar refractivity (Wildman–Crippen MR) is 71.3 cm³/mol. The van der Waals surface area contributed by atoms with Crippen molar-refractivity contribution >= 4 is 17.3 Å². The highest BCUT2D eigenvalue weighted by Gasteiger charge is 2.08. The van der Waals surface area contributed by atoms with Crippen LogP contribution in [0.2, 0.25) is 0 Å². The Kier molecular flexibility index (Phi) is 6.42. The van der Waals surface area contributed by atoms with Gasteiger partial charge in [-0.25, -0.2) is 4.79 Å². The molecule has 0 radical (unpaired) electrons. The third-order valence-corrected chi connectivity index (χ3v) is 3.12. The monoisotopic (exact) mass is 250 g/mol. The molecule has 92 valence electrons. The van der Waals surface area contributed by atoms with Crippen molar-refractivity contribution in [3.05, 3.63) is 21.9 Å². The van der Waals surface area contributed by atoms with Gasteiger partial charge in [0.05, 0.1) is 6.61 Å². The fourth-order valence-corrected chi connectivity index (χ4v) is 2.07. The molecule has 0 bridgehead atoms. The third-order valence-electron chi connectivity index (χ3n) is 2.21. The number of esters is 1. The maximum Gasteiger partial charge on any atom is 0.348 e. The van der Waals surface area contributed by atoms with Crippen molar-refractivity contribution in [2.75, 3.05) is 6.61 Å². The van der Waals surface area contributed by atoms with Gasteiger partial charge in [0.15, 0.2) is 0 Å². The Bertz CT molecular complexity index is 409. The Morgan fingerprint density at radius 2 is 2.24 bits per heavy atom. The second-order valence-corrected chi connectivity index (χ2v) is 4.59. The van der Waals surface area contributed by atoms with Crippen molar-refractivity contribution in [3.8, 4) is 11.8 Å². The van der Waals surface area contributed by atoms with Crippen molar-refractivity contribution in [3.63, 3.8) is 0 Å². The second kappa shape index (κ2) is 7.92. The Hall–Kier alpha value is -1.27. The number of carbonyl (C=O) groups is 1. The second-order valence-electron chi connectivity index (χ2n) is 3.68. The van der Waals surface area contributed by atoms with E-state index >= 15 is 0 Å². The highest BCUT2D eigenvalue weighted by atomic mass is 32.1. The largest absolute Gasteiger partial charge is 0.462 e. The summed E-state index contributed by atoms with van der Waals surface area (Å²) >= 11 is 1.39. The molecule has 0 spiro atoms. The van der Waals surface area contributed by atoms with Crippen molar-refractivity contribution in [2.24, 2.45) is 0 Å². The molecular formula is C14H18O2S. The summed E-state index contributed by atoms with van der Waals surface area (Å²) in [4.78, 5) is 12.0. The van der Waals surface area contributed by atoms with Crippen LogP contribution in [0.5, 0.6) is 0 Å². The van der Waals surface area contributed by atoms with Crippen LogP contribution in [0.3, 0.4) is 0 Å². The summed E-state index contributed by atoms with van der Waals surface area (Å²) in [6.45, 7) is 4.40. The van der Waals surface area contributed by atoms with Crippen LogP contribution in [0.4, 0.5) is 0 Å². The molecule has 1 rings (SSSR count). The van der Waals surface area contributed by atoms with E-state index in [4.69, 9.17) is 4.74 Å². The molecule has 0 unspecified atom stereocenters. The fraction of sp³-hybridized carbons (Fsp3) is 0.500. The number of thiophene rings is 1. The van der Waals surface area contributed by atoms with Crippen molar-refractivity contribution < 1.29 is 9.53 Å². The third kappa shape index (κ3) is 5.06. The lowest BCUT2D eigenvalue weighted by molar-refractivity contribution is 0.0532. The van der Waals surface area contributed by atoms with E-state index in [1.54, 1.807) is 13.0 Å². The number of ether oxygens (including phenoxy) is 1. The lowest BCUT2D eigenvalue weighted by Crippen LogP contribution is -2.01. The van der Waals surface area contributed by atoms with Crippen LogP contribution in [-0.4, -0.2) is 12.6 Å². The minimum absolute atomic E-state index is 0.253. The van der Waals surface area contributed by atoms with Gasteiger partial charge in [-0.2, -0.15) is 0 Å². The van der Waals surface area contributed by atoms with E-state index in [-0.39, 0.29) is 5.97 Å². The first kappa shape index (κ1) is 13.8. The molecule has 1 aromatic heterocycles. The Morgan fingerprint density at radius 3 is 2.94 bits per heavy atom. The molecule has 0 aromatic carbocycles. The molecule has 0 saturated carbocycles. The summed E-state index contributed by atoms with van der Waals surface area (Å²) in [5.41, 5.74) is 0.912. The van der Waals surface area contributed by atoms with Gasteiger partial charge in [-0.15, -0.1) is 11.3 Å². The van der Waals surface area contributed by atoms with E-state index in [0.717, 1.165) is 18.4 Å². The molecule has 0 atom stereocenters. The van der Waals surface area contributed by atoms with Crippen molar-refractivity contribution in [2.45, 2.75) is 39.5 Å². The Balaban J connectivity index is 2.47. The molecule has 0 aliphatic heterocycles. The van der Waals surface area contributed by atoms with Crippen LogP contribution in [0.1, 0.15) is 54.8 Å². The molecule has 1 heterocycles. The first-order chi connectivity index (χ1) is 8.27. The van der Waals surface area contributed by atoms with Crippen LogP contribution in [0.25, 0.3) is 0 Å². The molecule has 3 heteroatoms. The summed E-state index contributed by atoms with van der Waals surface area (Å²) in [7, 11) is 0. The zero-order chi connectivity index (χ0) is 12.5. The topological polar surface area (TPSA) is 26.3 Å². The normalized spacial score (nSPS) is 9.53. The zero-order valence-corrected chi connectivity index (χ0v) is 11.2. The molecule has 1 aromatic rings. The van der Waals surface area contributed by atoms with Gasteiger partial charge in [0.2, 0.25) is 0 Å². The summed E-state index contributed by atoms with van der Waals surface area (Å²) in [5.74, 6) is 5.95. The van der Waals surface area contributed by atoms with E-state index < -0.39 is 0 Å². The average Bonchev–Trinajstić information content (AvgIpc) is 2.78. The van der Waals surface area contributed by atoms with Crippen LogP contribution in [0.15, 0.2) is 11.4 Å². The molecule has 0 N–H and O–H groups in total. The standard InChI is InChI=1S/C14H18O2S/c1-3-5-6-7-8-9-12-10-13(17-11-12)14(15)16-4-2/h10-11H,3-7H2,1-2H3. The van der Waals surface area contributed by atoms with Gasteiger partial charge in [0.1, 0.15) is 4.88 Å². The van der Waals surface area contributed by atoms with Gasteiger partial charge in [0.25, 0.3) is 0 Å². The van der Waals surface area contributed by atoms with Crippen LogP contribution in [0, 0.1) is 11.8 Å². The number of rotatable bonds is 5. The molecule has 0 aliphatic carbocycles. The summed E-state index contributed by atoms with van der Waals surface area (Å²) in [6, 6.07) is 1.80. The number of hydrogen-bond acceptors (Lipinski definition) is 3. The van der Waals surface area contributed by atoms with Gasteiger partial charge in [-0.1, -0.05) is 31.6 Å². The van der Waals surface area contributed by atoms with Crippen LogP contribution in [-0.2, 0) is 4.74 Å². The number of hydrogen-bond donors (Lipinski definition) is 0. The smallest absolute Gasteiger partial charge is 0.348 e. The SMILES string of the molecule is CCCCCC#Cc1csc(C(=O)OCC)c1. The minimum atomic E-state index is -0.253. The van der Waals surface area contributed by atoms with Crippen molar-refractivity contribution in [1.82, 2.24) is 0 Å². The van der Waals surface area contributed by atoms with E-state index in [2.05, 4.69) is 18.8 Å². The lowest BCUT2D eigenvalue weighted by Gasteiger charge is -1.95. The van der Waals surface area contributed by atoms with Gasteiger partial charge >= 0.3 is 5.97 Å². The Labute approximate surface area is 107 Å². The minimum Gasteiger partial charge on any atom is -0.462 e. The molecule has 0 amide bonds. The molecular weight excluding hydrogens is 232 g/mol. The van der Waals surface area contributed by atoms with Gasteiger partial charge < -0.3 is 4.74 Å². The zero-order valence-electron chi connectivity index (χ0n) is 10.4. The van der Waals surface area contributed by atoms with Gasteiger partial charge in [0, 0.05) is 17.4 Å². The number of carbonyl (C=O) groups excluding carboxylic acids is 1.